The van der Waals surface area contributed by atoms with E-state index in [4.69, 9.17) is 4.42 Å². The van der Waals surface area contributed by atoms with Gasteiger partial charge in [-0.25, -0.2) is 4.98 Å². The number of piperazine rings is 1. The number of amides is 1. The van der Waals surface area contributed by atoms with Crippen LogP contribution in [0.2, 0.25) is 0 Å². The fraction of sp³-hybridized carbons (Fsp3) is 0.467. The Morgan fingerprint density at radius 1 is 1.50 bits per heavy atom. The quantitative estimate of drug-likeness (QED) is 0.870. The second-order valence-corrected chi connectivity index (χ2v) is 6.45. The van der Waals surface area contributed by atoms with Crippen LogP contribution in [0.1, 0.15) is 15.4 Å². The minimum absolute atomic E-state index is 0.110. The van der Waals surface area contributed by atoms with E-state index in [-0.39, 0.29) is 5.91 Å². The average molecular weight is 320 g/mol. The van der Waals surface area contributed by atoms with Gasteiger partial charge < -0.3 is 15.1 Å². The fourth-order valence-corrected chi connectivity index (χ4v) is 3.34. The molecule has 1 saturated heterocycles. The lowest BCUT2D eigenvalue weighted by atomic mass is 10.3. The Morgan fingerprint density at radius 2 is 2.32 bits per heavy atom. The number of hydrogen-bond donors (Lipinski definition) is 2. The predicted molar refractivity (Wildman–Crippen MR) is 86.2 cm³/mol. The van der Waals surface area contributed by atoms with Crippen molar-refractivity contribution in [1.82, 2.24) is 20.5 Å². The molecule has 2 aromatic heterocycles. The van der Waals surface area contributed by atoms with E-state index >= 15 is 0 Å². The van der Waals surface area contributed by atoms with E-state index in [1.807, 2.05) is 19.1 Å². The minimum Gasteiger partial charge on any atom is -0.462 e. The second-order valence-electron chi connectivity index (χ2n) is 5.25. The summed E-state index contributed by atoms with van der Waals surface area (Å²) in [6.45, 7) is 7.54. The number of aromatic nitrogens is 1. The molecule has 3 heterocycles. The van der Waals surface area contributed by atoms with Gasteiger partial charge in [0, 0.05) is 44.1 Å². The first kappa shape index (κ1) is 15.2. The zero-order chi connectivity index (χ0) is 15.4. The molecule has 7 heteroatoms. The van der Waals surface area contributed by atoms with Crippen molar-refractivity contribution in [2.45, 2.75) is 6.92 Å². The monoisotopic (exact) mass is 320 g/mol. The summed E-state index contributed by atoms with van der Waals surface area (Å²) in [4.78, 5) is 19.9. The van der Waals surface area contributed by atoms with Gasteiger partial charge in [0.25, 0.3) is 5.91 Å². The minimum atomic E-state index is -0.110. The Morgan fingerprint density at radius 3 is 3.05 bits per heavy atom. The van der Waals surface area contributed by atoms with Crippen LogP contribution in [-0.2, 0) is 0 Å². The van der Waals surface area contributed by atoms with Gasteiger partial charge in [0.2, 0.25) is 0 Å². The SMILES string of the molecule is Cc1sc(-c2ccco2)nc1C(=O)NCCN1CCNCC1. The average Bonchev–Trinajstić information content (AvgIpc) is 3.17. The Labute approximate surface area is 133 Å². The van der Waals surface area contributed by atoms with E-state index in [1.165, 1.54) is 11.3 Å². The molecule has 0 unspecified atom stereocenters. The number of aryl methyl sites for hydroxylation is 1. The number of rotatable bonds is 5. The van der Waals surface area contributed by atoms with Gasteiger partial charge in [0.1, 0.15) is 5.69 Å². The third-order valence-electron chi connectivity index (χ3n) is 3.67. The molecule has 3 rings (SSSR count). The number of nitrogens with one attached hydrogen (secondary N) is 2. The normalized spacial score (nSPS) is 15.9. The summed E-state index contributed by atoms with van der Waals surface area (Å²) in [7, 11) is 0. The van der Waals surface area contributed by atoms with Crippen molar-refractivity contribution >= 4 is 17.2 Å². The first-order valence-corrected chi connectivity index (χ1v) is 8.28. The molecule has 2 aromatic rings. The Kier molecular flexibility index (Phi) is 4.87. The van der Waals surface area contributed by atoms with Crippen LogP contribution in [0.3, 0.4) is 0 Å². The van der Waals surface area contributed by atoms with Crippen LogP contribution in [-0.4, -0.2) is 55.1 Å². The fourth-order valence-electron chi connectivity index (χ4n) is 2.46. The number of furan rings is 1. The maximum absolute atomic E-state index is 12.3. The Bertz CT molecular complexity index is 618. The molecule has 0 radical (unpaired) electrons. The summed E-state index contributed by atoms with van der Waals surface area (Å²) >= 11 is 1.48. The molecule has 0 bridgehead atoms. The molecule has 0 saturated carbocycles. The van der Waals surface area contributed by atoms with Gasteiger partial charge in [-0.15, -0.1) is 11.3 Å². The molecular weight excluding hydrogens is 300 g/mol. The van der Waals surface area contributed by atoms with Gasteiger partial charge in [0.05, 0.1) is 6.26 Å². The maximum Gasteiger partial charge on any atom is 0.271 e. The summed E-state index contributed by atoms with van der Waals surface area (Å²) in [5, 5.41) is 7.02. The largest absolute Gasteiger partial charge is 0.462 e. The molecule has 0 aliphatic carbocycles. The molecule has 1 aliphatic heterocycles. The highest BCUT2D eigenvalue weighted by molar-refractivity contribution is 7.15. The predicted octanol–water partition coefficient (Wildman–Crippen LogP) is 1.35. The number of carbonyl (C=O) groups is 1. The zero-order valence-electron chi connectivity index (χ0n) is 12.6. The Balaban J connectivity index is 1.55. The first-order chi connectivity index (χ1) is 10.7. The van der Waals surface area contributed by atoms with E-state index in [0.717, 1.165) is 42.6 Å². The molecule has 0 aromatic carbocycles. The summed E-state index contributed by atoms with van der Waals surface area (Å²) in [6, 6.07) is 3.67. The van der Waals surface area contributed by atoms with Crippen molar-refractivity contribution in [3.8, 4) is 10.8 Å². The van der Waals surface area contributed by atoms with Crippen molar-refractivity contribution in [2.75, 3.05) is 39.3 Å². The lowest BCUT2D eigenvalue weighted by Gasteiger charge is -2.27. The van der Waals surface area contributed by atoms with Crippen LogP contribution >= 0.6 is 11.3 Å². The molecule has 1 amide bonds. The first-order valence-electron chi connectivity index (χ1n) is 7.46. The third kappa shape index (κ3) is 3.55. The molecule has 1 fully saturated rings. The van der Waals surface area contributed by atoms with E-state index < -0.39 is 0 Å². The summed E-state index contributed by atoms with van der Waals surface area (Å²) in [5.74, 6) is 0.592. The Hall–Kier alpha value is -1.70. The smallest absolute Gasteiger partial charge is 0.271 e. The molecule has 6 nitrogen and oxygen atoms in total. The highest BCUT2D eigenvalue weighted by Gasteiger charge is 2.17. The van der Waals surface area contributed by atoms with Crippen molar-refractivity contribution in [3.05, 3.63) is 29.0 Å². The van der Waals surface area contributed by atoms with Gasteiger partial charge in [-0.1, -0.05) is 0 Å². The van der Waals surface area contributed by atoms with E-state index in [9.17, 15) is 4.79 Å². The van der Waals surface area contributed by atoms with Gasteiger partial charge in [0.15, 0.2) is 10.8 Å². The van der Waals surface area contributed by atoms with Gasteiger partial charge in [-0.05, 0) is 19.1 Å². The van der Waals surface area contributed by atoms with Gasteiger partial charge in [-0.2, -0.15) is 0 Å². The van der Waals surface area contributed by atoms with Crippen LogP contribution < -0.4 is 10.6 Å². The lowest BCUT2D eigenvalue weighted by molar-refractivity contribution is 0.0942. The molecule has 1 aliphatic rings. The molecule has 22 heavy (non-hydrogen) atoms. The molecule has 2 N–H and O–H groups in total. The van der Waals surface area contributed by atoms with E-state index in [1.54, 1.807) is 6.26 Å². The number of carbonyl (C=O) groups excluding carboxylic acids is 1. The summed E-state index contributed by atoms with van der Waals surface area (Å²) < 4.78 is 5.33. The van der Waals surface area contributed by atoms with E-state index in [0.29, 0.717) is 18.0 Å². The van der Waals surface area contributed by atoms with Crippen molar-refractivity contribution in [1.29, 1.82) is 0 Å². The standard InChI is InChI=1S/C15H20N4O2S/c1-11-13(18-15(22-11)12-3-2-10-21-12)14(20)17-6-9-19-7-4-16-5-8-19/h2-3,10,16H,4-9H2,1H3,(H,17,20). The number of nitrogens with zero attached hydrogens (tertiary/aromatic N) is 2. The van der Waals surface area contributed by atoms with Crippen LogP contribution in [0.15, 0.2) is 22.8 Å². The summed E-state index contributed by atoms with van der Waals surface area (Å²) in [5.41, 5.74) is 0.497. The molecule has 0 spiro atoms. The van der Waals surface area contributed by atoms with Crippen LogP contribution in [0.5, 0.6) is 0 Å². The number of thiazole rings is 1. The second kappa shape index (κ2) is 7.04. The molecule has 118 valence electrons. The van der Waals surface area contributed by atoms with Crippen LogP contribution in [0.25, 0.3) is 10.8 Å². The van der Waals surface area contributed by atoms with Crippen molar-refractivity contribution < 1.29 is 9.21 Å². The zero-order valence-corrected chi connectivity index (χ0v) is 13.4. The highest BCUT2D eigenvalue weighted by Crippen LogP contribution is 2.27. The maximum atomic E-state index is 12.3. The van der Waals surface area contributed by atoms with Crippen molar-refractivity contribution in [2.24, 2.45) is 0 Å². The van der Waals surface area contributed by atoms with Crippen LogP contribution in [0.4, 0.5) is 0 Å². The van der Waals surface area contributed by atoms with Gasteiger partial charge >= 0.3 is 0 Å². The van der Waals surface area contributed by atoms with Crippen LogP contribution in [0, 0.1) is 6.92 Å². The van der Waals surface area contributed by atoms with Gasteiger partial charge in [-0.3, -0.25) is 9.69 Å². The molecule has 0 atom stereocenters. The van der Waals surface area contributed by atoms with E-state index in [2.05, 4.69) is 20.5 Å². The lowest BCUT2D eigenvalue weighted by Crippen LogP contribution is -2.46. The third-order valence-corrected chi connectivity index (χ3v) is 4.65. The van der Waals surface area contributed by atoms with Crippen molar-refractivity contribution in [3.63, 3.8) is 0 Å². The molecular formula is C15H20N4O2S. The summed E-state index contributed by atoms with van der Waals surface area (Å²) in [6.07, 6.45) is 1.61. The topological polar surface area (TPSA) is 70.4 Å². The number of hydrogen-bond acceptors (Lipinski definition) is 6. The highest BCUT2D eigenvalue weighted by atomic mass is 32.1.